The van der Waals surface area contributed by atoms with Gasteiger partial charge in [-0.25, -0.2) is 9.78 Å². The van der Waals surface area contributed by atoms with E-state index < -0.39 is 5.97 Å². The molecule has 0 saturated heterocycles. The van der Waals surface area contributed by atoms with E-state index in [1.54, 1.807) is 18.7 Å². The molecule has 1 amide bonds. The molecule has 2 heterocycles. The number of anilines is 1. The van der Waals surface area contributed by atoms with E-state index in [0.29, 0.717) is 10.0 Å². The Morgan fingerprint density at radius 1 is 1.43 bits per heavy atom. The number of aromatic nitrogens is 2. The smallest absolute Gasteiger partial charge is 0.357 e. The molecule has 0 unspecified atom stereocenters. The summed E-state index contributed by atoms with van der Waals surface area (Å²) in [5, 5.41) is 3.22. The molecule has 23 heavy (non-hydrogen) atoms. The second-order valence-corrected chi connectivity index (χ2v) is 7.02. The maximum atomic E-state index is 12.6. The summed E-state index contributed by atoms with van der Waals surface area (Å²) in [5.74, 6) is 0.240. The van der Waals surface area contributed by atoms with Crippen LogP contribution in [0.15, 0.2) is 24.5 Å². The normalized spacial score (nSPS) is 12.0. The third-order valence-electron chi connectivity index (χ3n) is 3.29. The third-order valence-corrected chi connectivity index (χ3v) is 4.82. The second-order valence-electron chi connectivity index (χ2n) is 4.83. The number of thiazole rings is 1. The Labute approximate surface area is 143 Å². The fourth-order valence-electron chi connectivity index (χ4n) is 2.13. The van der Waals surface area contributed by atoms with Gasteiger partial charge in [-0.3, -0.25) is 4.79 Å². The maximum absolute atomic E-state index is 12.6. The van der Waals surface area contributed by atoms with Gasteiger partial charge in [0.1, 0.15) is 6.04 Å². The molecule has 0 saturated carbocycles. The first-order valence-corrected chi connectivity index (χ1v) is 9.25. The second kappa shape index (κ2) is 8.16. The minimum atomic E-state index is -0.497. The number of aryl methyl sites for hydroxylation is 1. The summed E-state index contributed by atoms with van der Waals surface area (Å²) >= 11 is 2.96. The van der Waals surface area contributed by atoms with Crippen LogP contribution in [0.4, 0.5) is 5.13 Å². The van der Waals surface area contributed by atoms with Crippen molar-refractivity contribution in [2.45, 2.75) is 19.4 Å². The number of rotatable bonds is 7. The summed E-state index contributed by atoms with van der Waals surface area (Å²) in [5.41, 5.74) is 0.245. The molecule has 8 heteroatoms. The molecule has 2 aromatic rings. The van der Waals surface area contributed by atoms with Crippen LogP contribution in [0.1, 0.15) is 27.8 Å². The molecular formula is C15H19N3O3S2. The van der Waals surface area contributed by atoms with Crippen LogP contribution in [0, 0.1) is 6.92 Å². The highest BCUT2D eigenvalue weighted by Gasteiger charge is 2.22. The maximum Gasteiger partial charge on any atom is 0.357 e. The Bertz CT molecular complexity index is 668. The molecule has 2 rings (SSSR count). The average Bonchev–Trinajstić information content (AvgIpc) is 3.17. The molecule has 0 aliphatic heterocycles. The predicted octanol–water partition coefficient (Wildman–Crippen LogP) is 2.97. The number of methoxy groups -OCH3 is 1. The van der Waals surface area contributed by atoms with Gasteiger partial charge in [-0.15, -0.1) is 11.3 Å². The Kier molecular flexibility index (Phi) is 6.23. The molecule has 1 atom stereocenters. The Hall–Kier alpha value is -1.80. The van der Waals surface area contributed by atoms with Gasteiger partial charge in [-0.2, -0.15) is 11.8 Å². The van der Waals surface area contributed by atoms with Crippen LogP contribution in [-0.2, 0) is 9.53 Å². The van der Waals surface area contributed by atoms with Crippen molar-refractivity contribution in [1.29, 1.82) is 0 Å². The number of hydrogen-bond donors (Lipinski definition) is 1. The summed E-state index contributed by atoms with van der Waals surface area (Å²) < 4.78 is 6.56. The van der Waals surface area contributed by atoms with Gasteiger partial charge in [0.2, 0.25) is 5.91 Å². The highest BCUT2D eigenvalue weighted by Crippen LogP contribution is 2.24. The van der Waals surface area contributed by atoms with E-state index in [1.807, 2.05) is 35.3 Å². The first kappa shape index (κ1) is 17.6. The van der Waals surface area contributed by atoms with Crippen LogP contribution >= 0.6 is 23.1 Å². The standard InChI is InChI=1S/C15H19N3O3S2/c1-10-12(14(20)21-2)16-15(23-10)17-13(19)11(6-9-22-3)18-7-4-5-8-18/h4-5,7-8,11H,6,9H2,1-3H3,(H,16,17,19)/t11-/m0/s1. The van der Waals surface area contributed by atoms with Crippen LogP contribution in [-0.4, -0.2) is 40.5 Å². The van der Waals surface area contributed by atoms with Crippen molar-refractivity contribution in [3.05, 3.63) is 35.1 Å². The Morgan fingerprint density at radius 2 is 2.13 bits per heavy atom. The molecule has 0 aliphatic carbocycles. The molecule has 0 aromatic carbocycles. The predicted molar refractivity (Wildman–Crippen MR) is 93.3 cm³/mol. The number of hydrogen-bond acceptors (Lipinski definition) is 6. The van der Waals surface area contributed by atoms with E-state index in [-0.39, 0.29) is 17.6 Å². The summed E-state index contributed by atoms with van der Waals surface area (Å²) in [7, 11) is 1.31. The summed E-state index contributed by atoms with van der Waals surface area (Å²) in [6.45, 7) is 1.77. The average molecular weight is 353 g/mol. The van der Waals surface area contributed by atoms with Gasteiger partial charge in [-0.05, 0) is 37.5 Å². The molecule has 0 fully saturated rings. The lowest BCUT2D eigenvalue weighted by molar-refractivity contribution is -0.119. The number of thioether (sulfide) groups is 1. The van der Waals surface area contributed by atoms with Crippen molar-refractivity contribution >= 4 is 40.1 Å². The summed E-state index contributed by atoms with van der Waals surface area (Å²) in [6, 6.07) is 3.48. The lowest BCUT2D eigenvalue weighted by Crippen LogP contribution is -2.26. The highest BCUT2D eigenvalue weighted by atomic mass is 32.2. The fraction of sp³-hybridized carbons (Fsp3) is 0.400. The summed E-state index contributed by atoms with van der Waals surface area (Å²) in [4.78, 5) is 29.1. The van der Waals surface area contributed by atoms with Crippen molar-refractivity contribution in [2.24, 2.45) is 0 Å². The number of ether oxygens (including phenoxy) is 1. The molecule has 2 aromatic heterocycles. The molecule has 124 valence electrons. The van der Waals surface area contributed by atoms with Gasteiger partial charge >= 0.3 is 5.97 Å². The lowest BCUT2D eigenvalue weighted by atomic mass is 10.2. The molecule has 1 N–H and O–H groups in total. The Morgan fingerprint density at radius 3 is 2.74 bits per heavy atom. The van der Waals surface area contributed by atoms with Gasteiger partial charge < -0.3 is 14.6 Å². The van der Waals surface area contributed by atoms with Crippen molar-refractivity contribution in [2.75, 3.05) is 24.4 Å². The highest BCUT2D eigenvalue weighted by molar-refractivity contribution is 7.98. The number of nitrogens with zero attached hydrogens (tertiary/aromatic N) is 2. The SMILES string of the molecule is COC(=O)c1nc(NC(=O)[C@H](CCSC)n2cccc2)sc1C. The minimum absolute atomic E-state index is 0.139. The first-order valence-electron chi connectivity index (χ1n) is 7.04. The van der Waals surface area contributed by atoms with Crippen LogP contribution in [0.5, 0.6) is 0 Å². The third kappa shape index (κ3) is 4.35. The Balaban J connectivity index is 2.14. The van der Waals surface area contributed by atoms with E-state index in [0.717, 1.165) is 12.2 Å². The zero-order chi connectivity index (χ0) is 16.8. The van der Waals surface area contributed by atoms with E-state index in [9.17, 15) is 9.59 Å². The van der Waals surface area contributed by atoms with Gasteiger partial charge in [-0.1, -0.05) is 0 Å². The van der Waals surface area contributed by atoms with Gasteiger partial charge in [0.25, 0.3) is 0 Å². The number of carbonyl (C=O) groups excluding carboxylic acids is 2. The van der Waals surface area contributed by atoms with E-state index in [4.69, 9.17) is 0 Å². The fourth-order valence-corrected chi connectivity index (χ4v) is 3.39. The minimum Gasteiger partial charge on any atom is -0.464 e. The topological polar surface area (TPSA) is 73.2 Å². The molecule has 6 nitrogen and oxygen atoms in total. The van der Waals surface area contributed by atoms with Gasteiger partial charge in [0.15, 0.2) is 10.8 Å². The zero-order valence-electron chi connectivity index (χ0n) is 13.2. The van der Waals surface area contributed by atoms with Crippen LogP contribution in [0.25, 0.3) is 0 Å². The van der Waals surface area contributed by atoms with Crippen molar-refractivity contribution in [3.63, 3.8) is 0 Å². The van der Waals surface area contributed by atoms with Crippen molar-refractivity contribution in [3.8, 4) is 0 Å². The van der Waals surface area contributed by atoms with Crippen LogP contribution < -0.4 is 5.32 Å². The van der Waals surface area contributed by atoms with Gasteiger partial charge in [0.05, 0.1) is 7.11 Å². The van der Waals surface area contributed by atoms with E-state index in [2.05, 4.69) is 15.0 Å². The molecule has 0 bridgehead atoms. The van der Waals surface area contributed by atoms with E-state index in [1.165, 1.54) is 18.4 Å². The van der Waals surface area contributed by atoms with Crippen LogP contribution in [0.2, 0.25) is 0 Å². The number of carbonyl (C=O) groups is 2. The zero-order valence-corrected chi connectivity index (χ0v) is 14.9. The molecule has 0 spiro atoms. The largest absolute Gasteiger partial charge is 0.464 e. The lowest BCUT2D eigenvalue weighted by Gasteiger charge is -2.17. The number of amides is 1. The monoisotopic (exact) mass is 353 g/mol. The number of nitrogens with one attached hydrogen (secondary N) is 1. The number of esters is 1. The molecular weight excluding hydrogens is 334 g/mol. The quantitative estimate of drug-likeness (QED) is 0.775. The van der Waals surface area contributed by atoms with Crippen molar-refractivity contribution in [1.82, 2.24) is 9.55 Å². The van der Waals surface area contributed by atoms with Crippen LogP contribution in [0.3, 0.4) is 0 Å². The first-order chi connectivity index (χ1) is 11.1. The molecule has 0 radical (unpaired) electrons. The van der Waals surface area contributed by atoms with Crippen molar-refractivity contribution < 1.29 is 14.3 Å². The summed E-state index contributed by atoms with van der Waals surface area (Å²) in [6.07, 6.45) is 6.47. The molecule has 0 aliphatic rings. The van der Waals surface area contributed by atoms with E-state index >= 15 is 0 Å². The van der Waals surface area contributed by atoms with Gasteiger partial charge in [0, 0.05) is 17.3 Å².